The van der Waals surface area contributed by atoms with Crippen LogP contribution >= 0.6 is 11.3 Å². The summed E-state index contributed by atoms with van der Waals surface area (Å²) in [6, 6.07) is 3.42. The van der Waals surface area contributed by atoms with E-state index in [0.29, 0.717) is 11.3 Å². The van der Waals surface area contributed by atoms with Crippen LogP contribution in [-0.2, 0) is 4.74 Å². The summed E-state index contributed by atoms with van der Waals surface area (Å²) in [5.41, 5.74) is 1.27. The molecule has 84 valence electrons. The third-order valence-corrected chi connectivity index (χ3v) is 3.13. The quantitative estimate of drug-likeness (QED) is 0.752. The van der Waals surface area contributed by atoms with E-state index in [-0.39, 0.29) is 5.97 Å². The van der Waals surface area contributed by atoms with E-state index < -0.39 is 0 Å². The molecule has 4 nitrogen and oxygen atoms in total. The van der Waals surface area contributed by atoms with Gasteiger partial charge in [-0.25, -0.2) is 9.78 Å². The molecule has 1 aromatic carbocycles. The van der Waals surface area contributed by atoms with Crippen molar-refractivity contribution in [2.75, 3.05) is 14.2 Å². The van der Waals surface area contributed by atoms with Crippen LogP contribution < -0.4 is 4.74 Å². The van der Waals surface area contributed by atoms with E-state index in [0.717, 1.165) is 15.2 Å². The van der Waals surface area contributed by atoms with E-state index in [4.69, 9.17) is 4.74 Å². The van der Waals surface area contributed by atoms with Crippen molar-refractivity contribution in [3.8, 4) is 5.75 Å². The molecular formula is C11H11NO3S. The van der Waals surface area contributed by atoms with Crippen LogP contribution in [0, 0.1) is 6.92 Å². The predicted octanol–water partition coefficient (Wildman–Crippen LogP) is 2.40. The Morgan fingerprint density at radius 3 is 2.75 bits per heavy atom. The summed E-state index contributed by atoms with van der Waals surface area (Å²) in [6.07, 6.45) is 0. The van der Waals surface area contributed by atoms with Crippen LogP contribution in [-0.4, -0.2) is 25.2 Å². The molecule has 2 aromatic rings. The van der Waals surface area contributed by atoms with Gasteiger partial charge in [-0.3, -0.25) is 0 Å². The average Bonchev–Trinajstić information content (AvgIpc) is 2.66. The van der Waals surface area contributed by atoms with Crippen molar-refractivity contribution in [2.24, 2.45) is 0 Å². The highest BCUT2D eigenvalue weighted by Crippen LogP contribution is 2.31. The van der Waals surface area contributed by atoms with Gasteiger partial charge in [-0.1, -0.05) is 0 Å². The van der Waals surface area contributed by atoms with Crippen molar-refractivity contribution in [1.29, 1.82) is 0 Å². The zero-order valence-electron chi connectivity index (χ0n) is 9.23. The molecule has 0 fully saturated rings. The largest absolute Gasteiger partial charge is 0.494 e. The summed E-state index contributed by atoms with van der Waals surface area (Å²) >= 11 is 1.52. The number of carbonyl (C=O) groups excluding carboxylic acids is 1. The summed E-state index contributed by atoms with van der Waals surface area (Å²) in [5.74, 6) is 0.230. The minimum Gasteiger partial charge on any atom is -0.494 e. The highest BCUT2D eigenvalue weighted by molar-refractivity contribution is 7.18. The minimum absolute atomic E-state index is 0.369. The summed E-state index contributed by atoms with van der Waals surface area (Å²) in [6.45, 7) is 1.92. The fourth-order valence-corrected chi connectivity index (χ4v) is 2.38. The molecular weight excluding hydrogens is 226 g/mol. The first-order chi connectivity index (χ1) is 7.65. The van der Waals surface area contributed by atoms with Crippen molar-refractivity contribution < 1.29 is 14.3 Å². The van der Waals surface area contributed by atoms with Gasteiger partial charge in [0, 0.05) is 0 Å². The molecule has 0 spiro atoms. The number of aromatic nitrogens is 1. The van der Waals surface area contributed by atoms with Crippen LogP contribution in [0.1, 0.15) is 15.4 Å². The van der Waals surface area contributed by atoms with E-state index in [1.807, 2.05) is 6.92 Å². The van der Waals surface area contributed by atoms with E-state index in [1.165, 1.54) is 18.4 Å². The van der Waals surface area contributed by atoms with Crippen LogP contribution in [0.2, 0.25) is 0 Å². The number of benzene rings is 1. The Morgan fingerprint density at radius 2 is 2.12 bits per heavy atom. The molecule has 0 saturated heterocycles. The van der Waals surface area contributed by atoms with Gasteiger partial charge < -0.3 is 9.47 Å². The number of methoxy groups -OCH3 is 2. The van der Waals surface area contributed by atoms with Gasteiger partial charge in [0.1, 0.15) is 11.3 Å². The zero-order valence-corrected chi connectivity index (χ0v) is 10.1. The van der Waals surface area contributed by atoms with Crippen LogP contribution in [0.5, 0.6) is 5.75 Å². The van der Waals surface area contributed by atoms with Crippen molar-refractivity contribution in [3.05, 3.63) is 22.7 Å². The molecule has 0 aliphatic rings. The number of nitrogens with zero attached hydrogens (tertiary/aromatic N) is 1. The molecule has 0 aliphatic carbocycles. The van der Waals surface area contributed by atoms with Gasteiger partial charge in [0.2, 0.25) is 0 Å². The molecule has 1 aromatic heterocycles. The number of hydrogen-bond acceptors (Lipinski definition) is 5. The maximum atomic E-state index is 11.4. The van der Waals surface area contributed by atoms with Gasteiger partial charge in [0.15, 0.2) is 0 Å². The molecule has 2 rings (SSSR count). The minimum atomic E-state index is -0.369. The van der Waals surface area contributed by atoms with Gasteiger partial charge in [-0.05, 0) is 19.1 Å². The molecule has 0 radical (unpaired) electrons. The second-order valence-corrected chi connectivity index (χ2v) is 4.48. The fourth-order valence-electron chi connectivity index (χ4n) is 1.50. The van der Waals surface area contributed by atoms with E-state index >= 15 is 0 Å². The van der Waals surface area contributed by atoms with Gasteiger partial charge in [0.05, 0.1) is 29.5 Å². The van der Waals surface area contributed by atoms with Crippen molar-refractivity contribution in [3.63, 3.8) is 0 Å². The number of carbonyl (C=O) groups is 1. The average molecular weight is 237 g/mol. The predicted molar refractivity (Wildman–Crippen MR) is 62.2 cm³/mol. The SMILES string of the molecule is COC(=O)c1cc(OC)c2nc(C)sc2c1. The number of aryl methyl sites for hydroxylation is 1. The molecule has 0 amide bonds. The lowest BCUT2D eigenvalue weighted by atomic mass is 10.2. The zero-order chi connectivity index (χ0) is 11.7. The normalized spacial score (nSPS) is 10.4. The van der Waals surface area contributed by atoms with E-state index in [1.54, 1.807) is 19.2 Å². The monoisotopic (exact) mass is 237 g/mol. The summed E-state index contributed by atoms with van der Waals surface area (Å²) in [7, 11) is 2.92. The smallest absolute Gasteiger partial charge is 0.338 e. The third-order valence-electron chi connectivity index (χ3n) is 2.21. The van der Waals surface area contributed by atoms with Gasteiger partial charge in [0.25, 0.3) is 0 Å². The molecule has 0 bridgehead atoms. The molecule has 0 atom stereocenters. The van der Waals surface area contributed by atoms with Crippen molar-refractivity contribution >= 4 is 27.5 Å². The maximum absolute atomic E-state index is 11.4. The molecule has 16 heavy (non-hydrogen) atoms. The van der Waals surface area contributed by atoms with E-state index in [9.17, 15) is 4.79 Å². The number of fused-ring (bicyclic) bond motifs is 1. The highest BCUT2D eigenvalue weighted by atomic mass is 32.1. The number of esters is 1. The summed E-state index contributed by atoms with van der Waals surface area (Å²) in [5, 5.41) is 0.940. The third kappa shape index (κ3) is 1.74. The second-order valence-electron chi connectivity index (χ2n) is 3.25. The Hall–Kier alpha value is -1.62. The Labute approximate surface area is 96.8 Å². The van der Waals surface area contributed by atoms with Crippen LogP contribution in [0.15, 0.2) is 12.1 Å². The first-order valence-electron chi connectivity index (χ1n) is 4.69. The Morgan fingerprint density at radius 1 is 1.38 bits per heavy atom. The van der Waals surface area contributed by atoms with Gasteiger partial charge in [-0.2, -0.15) is 0 Å². The highest BCUT2D eigenvalue weighted by Gasteiger charge is 2.13. The standard InChI is InChI=1S/C11H11NO3S/c1-6-12-10-8(14-2)4-7(11(13)15-3)5-9(10)16-6/h4-5H,1-3H3. The topological polar surface area (TPSA) is 48.4 Å². The lowest BCUT2D eigenvalue weighted by Gasteiger charge is -2.03. The lowest BCUT2D eigenvalue weighted by molar-refractivity contribution is 0.0600. The molecule has 0 saturated carbocycles. The number of rotatable bonds is 2. The van der Waals surface area contributed by atoms with Crippen molar-refractivity contribution in [2.45, 2.75) is 6.92 Å². The van der Waals surface area contributed by atoms with Crippen LogP contribution in [0.4, 0.5) is 0 Å². The maximum Gasteiger partial charge on any atom is 0.338 e. The number of hydrogen-bond donors (Lipinski definition) is 0. The van der Waals surface area contributed by atoms with Crippen LogP contribution in [0.25, 0.3) is 10.2 Å². The molecule has 5 heteroatoms. The summed E-state index contributed by atoms with van der Waals surface area (Å²) < 4.78 is 10.8. The van der Waals surface area contributed by atoms with E-state index in [2.05, 4.69) is 9.72 Å². The Balaban J connectivity index is 2.67. The fraction of sp³-hybridized carbons (Fsp3) is 0.273. The van der Waals surface area contributed by atoms with Crippen LogP contribution in [0.3, 0.4) is 0 Å². The number of ether oxygens (including phenoxy) is 2. The molecule has 0 N–H and O–H groups in total. The van der Waals surface area contributed by atoms with Crippen molar-refractivity contribution in [1.82, 2.24) is 4.98 Å². The number of thiazole rings is 1. The lowest BCUT2D eigenvalue weighted by Crippen LogP contribution is -2.01. The van der Waals surface area contributed by atoms with Gasteiger partial charge in [-0.15, -0.1) is 11.3 Å². The Bertz CT molecular complexity index is 547. The first-order valence-corrected chi connectivity index (χ1v) is 5.51. The summed E-state index contributed by atoms with van der Waals surface area (Å²) in [4.78, 5) is 15.8. The second kappa shape index (κ2) is 4.09. The molecule has 0 unspecified atom stereocenters. The van der Waals surface area contributed by atoms with Gasteiger partial charge >= 0.3 is 5.97 Å². The first kappa shape index (κ1) is 10.9. The Kier molecular flexibility index (Phi) is 2.78. The molecule has 0 aliphatic heterocycles. The molecule has 1 heterocycles.